The van der Waals surface area contributed by atoms with Crippen molar-refractivity contribution in [3.63, 3.8) is 0 Å². The van der Waals surface area contributed by atoms with Gasteiger partial charge in [0.2, 0.25) is 0 Å². The van der Waals surface area contributed by atoms with Gasteiger partial charge in [0.05, 0.1) is 12.5 Å². The summed E-state index contributed by atoms with van der Waals surface area (Å²) in [7, 11) is 0. The van der Waals surface area contributed by atoms with Crippen LogP contribution in [0, 0.1) is 5.92 Å². The van der Waals surface area contributed by atoms with Crippen molar-refractivity contribution in [3.8, 4) is 0 Å². The van der Waals surface area contributed by atoms with Crippen LogP contribution in [-0.2, 0) is 9.53 Å². The molecule has 0 N–H and O–H groups in total. The second-order valence-electron chi connectivity index (χ2n) is 2.76. The Morgan fingerprint density at radius 3 is 2.58 bits per heavy atom. The first-order valence-electron chi connectivity index (χ1n) is 3.72. The number of hydrogen-bond acceptors (Lipinski definition) is 2. The highest BCUT2D eigenvalue weighted by molar-refractivity contribution is 5.89. The molecule has 0 saturated heterocycles. The van der Waals surface area contributed by atoms with Crippen molar-refractivity contribution in [2.45, 2.75) is 19.3 Å². The van der Waals surface area contributed by atoms with E-state index in [4.69, 9.17) is 0 Å². The summed E-state index contributed by atoms with van der Waals surface area (Å²) in [5.74, 6) is -4.43. The van der Waals surface area contributed by atoms with E-state index in [2.05, 4.69) is 11.3 Å². The molecule has 1 rings (SSSR count). The fraction of sp³-hybridized carbons (Fsp3) is 0.625. The van der Waals surface area contributed by atoms with Gasteiger partial charge in [-0.15, -0.1) is 0 Å². The Balaban J connectivity index is 2.45. The summed E-state index contributed by atoms with van der Waals surface area (Å²) in [5.41, 5.74) is -0.109. The number of ether oxygens (including phenoxy) is 1. The molecule has 68 valence electrons. The maximum atomic E-state index is 12.4. The summed E-state index contributed by atoms with van der Waals surface area (Å²) < 4.78 is 29.3. The van der Waals surface area contributed by atoms with Crippen molar-refractivity contribution >= 4 is 5.97 Å². The van der Waals surface area contributed by atoms with Gasteiger partial charge in [-0.1, -0.05) is 6.58 Å². The van der Waals surface area contributed by atoms with Crippen molar-refractivity contribution in [1.29, 1.82) is 0 Å². The van der Waals surface area contributed by atoms with Crippen molar-refractivity contribution in [2.75, 3.05) is 6.61 Å². The molecule has 0 aromatic rings. The van der Waals surface area contributed by atoms with Gasteiger partial charge in [-0.05, 0) is 6.92 Å². The normalized spacial score (nSPS) is 24.8. The lowest BCUT2D eigenvalue weighted by Gasteiger charge is -2.02. The molecule has 0 aromatic carbocycles. The van der Waals surface area contributed by atoms with Crippen LogP contribution < -0.4 is 0 Å². The van der Waals surface area contributed by atoms with E-state index < -0.39 is 17.8 Å². The van der Waals surface area contributed by atoms with Crippen LogP contribution in [0.3, 0.4) is 0 Å². The Bertz CT molecular complexity index is 223. The minimum atomic E-state index is -2.73. The molecule has 2 nitrogen and oxygen atoms in total. The maximum Gasteiger partial charge on any atom is 0.333 e. The van der Waals surface area contributed by atoms with Crippen LogP contribution in [0.25, 0.3) is 0 Å². The molecular weight excluding hydrogens is 166 g/mol. The summed E-state index contributed by atoms with van der Waals surface area (Å²) in [6, 6.07) is 0. The quantitative estimate of drug-likeness (QED) is 0.483. The summed E-state index contributed by atoms with van der Waals surface area (Å²) in [6.45, 7) is 5.09. The molecule has 0 radical (unpaired) electrons. The molecule has 1 unspecified atom stereocenters. The van der Waals surface area contributed by atoms with Crippen LogP contribution in [-0.4, -0.2) is 18.5 Å². The summed E-state index contributed by atoms with van der Waals surface area (Å²) in [5, 5.41) is 0. The lowest BCUT2D eigenvalue weighted by Crippen LogP contribution is -2.10. The summed E-state index contributed by atoms with van der Waals surface area (Å²) in [4.78, 5) is 10.9. The molecule has 0 aliphatic heterocycles. The van der Waals surface area contributed by atoms with Crippen molar-refractivity contribution in [1.82, 2.24) is 0 Å². The van der Waals surface area contributed by atoms with Crippen LogP contribution >= 0.6 is 0 Å². The number of carbonyl (C=O) groups excluding carboxylic acids is 1. The highest BCUT2D eigenvalue weighted by Gasteiger charge is 2.59. The average molecular weight is 176 g/mol. The molecule has 0 spiro atoms. The minimum Gasteiger partial charge on any atom is -0.463 e. The maximum absolute atomic E-state index is 12.4. The summed E-state index contributed by atoms with van der Waals surface area (Å²) >= 11 is 0. The molecular formula is C8H10F2O2. The monoisotopic (exact) mass is 176 g/mol. The molecule has 1 aliphatic rings. The highest BCUT2D eigenvalue weighted by Crippen LogP contribution is 2.52. The molecule has 1 fully saturated rings. The molecule has 0 amide bonds. The first kappa shape index (κ1) is 9.16. The third kappa shape index (κ3) is 1.62. The van der Waals surface area contributed by atoms with E-state index in [0.29, 0.717) is 0 Å². The SMILES string of the molecule is C=C(C(=O)OCC)C1CC1(F)F. The number of halogens is 2. The van der Waals surface area contributed by atoms with Crippen molar-refractivity contribution < 1.29 is 18.3 Å². The molecule has 0 bridgehead atoms. The fourth-order valence-corrected chi connectivity index (χ4v) is 0.957. The van der Waals surface area contributed by atoms with E-state index in [0.717, 1.165) is 0 Å². The van der Waals surface area contributed by atoms with E-state index in [1.807, 2.05) is 0 Å². The van der Waals surface area contributed by atoms with Crippen LogP contribution in [0.2, 0.25) is 0 Å². The van der Waals surface area contributed by atoms with Gasteiger partial charge in [0.15, 0.2) is 0 Å². The Labute approximate surface area is 69.2 Å². The molecule has 0 heterocycles. The van der Waals surface area contributed by atoms with Crippen LogP contribution in [0.1, 0.15) is 13.3 Å². The standard InChI is InChI=1S/C8H10F2O2/c1-3-12-7(11)5(2)6-4-8(6,9)10/h6H,2-4H2,1H3. The topological polar surface area (TPSA) is 26.3 Å². The lowest BCUT2D eigenvalue weighted by atomic mass is 10.2. The zero-order valence-electron chi connectivity index (χ0n) is 6.77. The predicted octanol–water partition coefficient (Wildman–Crippen LogP) is 1.76. The third-order valence-electron chi connectivity index (χ3n) is 1.78. The number of alkyl halides is 2. The van der Waals surface area contributed by atoms with Gasteiger partial charge in [0.1, 0.15) is 0 Å². The second kappa shape index (κ2) is 2.84. The minimum absolute atomic E-state index is 0.109. The van der Waals surface area contributed by atoms with Gasteiger partial charge in [-0.25, -0.2) is 13.6 Å². The third-order valence-corrected chi connectivity index (χ3v) is 1.78. The fourth-order valence-electron chi connectivity index (χ4n) is 0.957. The number of hydrogen-bond donors (Lipinski definition) is 0. The van der Waals surface area contributed by atoms with Gasteiger partial charge in [0.25, 0.3) is 5.92 Å². The van der Waals surface area contributed by atoms with Gasteiger partial charge < -0.3 is 4.74 Å². The molecule has 1 atom stereocenters. The second-order valence-corrected chi connectivity index (χ2v) is 2.76. The first-order valence-corrected chi connectivity index (χ1v) is 3.72. The van der Waals surface area contributed by atoms with E-state index >= 15 is 0 Å². The van der Waals surface area contributed by atoms with E-state index in [1.165, 1.54) is 0 Å². The molecule has 12 heavy (non-hydrogen) atoms. The van der Waals surface area contributed by atoms with Crippen LogP contribution in [0.15, 0.2) is 12.2 Å². The molecule has 1 saturated carbocycles. The highest BCUT2D eigenvalue weighted by atomic mass is 19.3. The number of esters is 1. The predicted molar refractivity (Wildman–Crippen MR) is 38.8 cm³/mol. The van der Waals surface area contributed by atoms with Gasteiger partial charge in [-0.3, -0.25) is 0 Å². The summed E-state index contributed by atoms with van der Waals surface area (Å²) in [6.07, 6.45) is -0.273. The zero-order valence-corrected chi connectivity index (χ0v) is 6.77. The largest absolute Gasteiger partial charge is 0.463 e. The van der Waals surface area contributed by atoms with Gasteiger partial charge in [0, 0.05) is 12.0 Å². The van der Waals surface area contributed by atoms with E-state index in [1.54, 1.807) is 6.92 Å². The van der Waals surface area contributed by atoms with Crippen LogP contribution in [0.5, 0.6) is 0 Å². The Morgan fingerprint density at radius 1 is 1.75 bits per heavy atom. The van der Waals surface area contributed by atoms with E-state index in [9.17, 15) is 13.6 Å². The van der Waals surface area contributed by atoms with E-state index in [-0.39, 0.29) is 18.6 Å². The van der Waals surface area contributed by atoms with Crippen molar-refractivity contribution in [3.05, 3.63) is 12.2 Å². The number of rotatable bonds is 3. The lowest BCUT2D eigenvalue weighted by molar-refractivity contribution is -0.139. The number of carbonyl (C=O) groups is 1. The van der Waals surface area contributed by atoms with Gasteiger partial charge in [-0.2, -0.15) is 0 Å². The Hall–Kier alpha value is -0.930. The molecule has 4 heteroatoms. The molecule has 1 aliphatic carbocycles. The zero-order chi connectivity index (χ0) is 9.35. The van der Waals surface area contributed by atoms with Gasteiger partial charge >= 0.3 is 5.97 Å². The Kier molecular flexibility index (Phi) is 2.17. The van der Waals surface area contributed by atoms with Crippen molar-refractivity contribution in [2.24, 2.45) is 5.92 Å². The molecule has 0 aromatic heterocycles. The average Bonchev–Trinajstić information content (AvgIpc) is 2.59. The Morgan fingerprint density at radius 2 is 2.25 bits per heavy atom. The smallest absolute Gasteiger partial charge is 0.333 e. The first-order chi connectivity index (χ1) is 5.49. The van der Waals surface area contributed by atoms with Crippen LogP contribution in [0.4, 0.5) is 8.78 Å².